The van der Waals surface area contributed by atoms with Gasteiger partial charge in [0.1, 0.15) is 5.82 Å². The SMILES string of the molecule is CC.Cc1cc2[nH]c(CNC(=O)N3CCCCC3)cc2cc1F. The van der Waals surface area contributed by atoms with E-state index < -0.39 is 0 Å². The molecule has 3 rings (SSSR count). The third kappa shape index (κ3) is 4.24. The Morgan fingerprint density at radius 2 is 1.91 bits per heavy atom. The minimum Gasteiger partial charge on any atom is -0.357 e. The lowest BCUT2D eigenvalue weighted by molar-refractivity contribution is 0.186. The molecule has 1 aromatic carbocycles. The summed E-state index contributed by atoms with van der Waals surface area (Å²) in [6.45, 7) is 7.85. The third-order valence-corrected chi connectivity index (χ3v) is 4.03. The summed E-state index contributed by atoms with van der Waals surface area (Å²) < 4.78 is 13.5. The summed E-state index contributed by atoms with van der Waals surface area (Å²) >= 11 is 0. The number of hydrogen-bond donors (Lipinski definition) is 2. The molecule has 5 heteroatoms. The zero-order valence-corrected chi connectivity index (χ0v) is 14.2. The van der Waals surface area contributed by atoms with E-state index in [1.165, 1.54) is 12.5 Å². The Hall–Kier alpha value is -2.04. The van der Waals surface area contributed by atoms with Crippen LogP contribution in [0.25, 0.3) is 10.9 Å². The van der Waals surface area contributed by atoms with E-state index >= 15 is 0 Å². The number of benzene rings is 1. The van der Waals surface area contributed by atoms with Gasteiger partial charge in [0.2, 0.25) is 0 Å². The molecule has 0 bridgehead atoms. The number of likely N-dealkylation sites (tertiary alicyclic amines) is 1. The molecule has 1 aliphatic rings. The van der Waals surface area contributed by atoms with Gasteiger partial charge in [-0.3, -0.25) is 0 Å². The van der Waals surface area contributed by atoms with E-state index in [9.17, 15) is 9.18 Å². The number of piperidine rings is 1. The second-order valence-electron chi connectivity index (χ2n) is 5.69. The van der Waals surface area contributed by atoms with Crippen molar-refractivity contribution in [2.24, 2.45) is 0 Å². The molecule has 2 amide bonds. The molecule has 0 aliphatic carbocycles. The first-order valence-corrected chi connectivity index (χ1v) is 8.44. The zero-order valence-electron chi connectivity index (χ0n) is 14.2. The lowest BCUT2D eigenvalue weighted by Gasteiger charge is -2.26. The molecular formula is C18H26FN3O. The zero-order chi connectivity index (χ0) is 16.8. The number of fused-ring (bicyclic) bond motifs is 1. The lowest BCUT2D eigenvalue weighted by Crippen LogP contribution is -2.42. The quantitative estimate of drug-likeness (QED) is 0.850. The van der Waals surface area contributed by atoms with Crippen molar-refractivity contribution >= 4 is 16.9 Å². The Morgan fingerprint density at radius 3 is 2.61 bits per heavy atom. The second-order valence-corrected chi connectivity index (χ2v) is 5.69. The molecule has 2 aromatic rings. The van der Waals surface area contributed by atoms with Crippen LogP contribution >= 0.6 is 0 Å². The van der Waals surface area contributed by atoms with Crippen LogP contribution in [0.2, 0.25) is 0 Å². The number of carbonyl (C=O) groups excluding carboxylic acids is 1. The van der Waals surface area contributed by atoms with Crippen molar-refractivity contribution in [3.05, 3.63) is 35.3 Å². The molecule has 126 valence electrons. The number of H-pyrrole nitrogens is 1. The summed E-state index contributed by atoms with van der Waals surface area (Å²) in [6, 6.07) is 5.18. The highest BCUT2D eigenvalue weighted by atomic mass is 19.1. The van der Waals surface area contributed by atoms with Crippen molar-refractivity contribution in [3.63, 3.8) is 0 Å². The molecule has 0 unspecified atom stereocenters. The van der Waals surface area contributed by atoms with Crippen molar-refractivity contribution in [1.29, 1.82) is 0 Å². The molecule has 1 saturated heterocycles. The predicted molar refractivity (Wildman–Crippen MR) is 92.0 cm³/mol. The number of amides is 2. The molecule has 2 N–H and O–H groups in total. The van der Waals surface area contributed by atoms with Gasteiger partial charge >= 0.3 is 6.03 Å². The van der Waals surface area contributed by atoms with Gasteiger partial charge in [0.15, 0.2) is 0 Å². The summed E-state index contributed by atoms with van der Waals surface area (Å²) in [5.41, 5.74) is 2.41. The summed E-state index contributed by atoms with van der Waals surface area (Å²) in [6.07, 6.45) is 3.37. The van der Waals surface area contributed by atoms with Crippen molar-refractivity contribution in [1.82, 2.24) is 15.2 Å². The molecule has 0 spiro atoms. The van der Waals surface area contributed by atoms with Gasteiger partial charge in [-0.15, -0.1) is 0 Å². The van der Waals surface area contributed by atoms with E-state index in [0.717, 1.165) is 42.5 Å². The number of halogens is 1. The average molecular weight is 319 g/mol. The number of carbonyl (C=O) groups is 1. The molecule has 0 atom stereocenters. The number of aromatic nitrogens is 1. The van der Waals surface area contributed by atoms with E-state index in [-0.39, 0.29) is 11.8 Å². The molecule has 1 fully saturated rings. The molecule has 1 aromatic heterocycles. The lowest BCUT2D eigenvalue weighted by atomic mass is 10.1. The predicted octanol–water partition coefficient (Wildman–Crippen LogP) is 4.34. The minimum atomic E-state index is -0.203. The fourth-order valence-electron chi connectivity index (χ4n) is 2.80. The van der Waals surface area contributed by atoms with E-state index in [2.05, 4.69) is 10.3 Å². The topological polar surface area (TPSA) is 48.1 Å². The second kappa shape index (κ2) is 7.99. The Morgan fingerprint density at radius 1 is 1.22 bits per heavy atom. The van der Waals surface area contributed by atoms with Gasteiger partial charge in [-0.25, -0.2) is 9.18 Å². The van der Waals surface area contributed by atoms with Crippen molar-refractivity contribution < 1.29 is 9.18 Å². The number of aromatic amines is 1. The summed E-state index contributed by atoms with van der Waals surface area (Å²) in [7, 11) is 0. The number of nitrogens with zero attached hydrogens (tertiary/aromatic N) is 1. The number of rotatable bonds is 2. The van der Waals surface area contributed by atoms with Gasteiger partial charge in [0, 0.05) is 29.7 Å². The fourth-order valence-corrected chi connectivity index (χ4v) is 2.80. The van der Waals surface area contributed by atoms with Crippen LogP contribution in [0.1, 0.15) is 44.4 Å². The molecule has 0 saturated carbocycles. The molecule has 4 nitrogen and oxygen atoms in total. The number of nitrogens with one attached hydrogen (secondary N) is 2. The third-order valence-electron chi connectivity index (χ3n) is 4.03. The van der Waals surface area contributed by atoms with Crippen LogP contribution in [0, 0.1) is 12.7 Å². The normalized spacial score (nSPS) is 14.3. The van der Waals surface area contributed by atoms with Crippen LogP contribution in [0.5, 0.6) is 0 Å². The summed E-state index contributed by atoms with van der Waals surface area (Å²) in [5, 5.41) is 3.75. The average Bonchev–Trinajstić information content (AvgIpc) is 2.97. The monoisotopic (exact) mass is 319 g/mol. The van der Waals surface area contributed by atoms with Gasteiger partial charge in [-0.2, -0.15) is 0 Å². The molecule has 23 heavy (non-hydrogen) atoms. The van der Waals surface area contributed by atoms with Crippen molar-refractivity contribution in [2.45, 2.75) is 46.6 Å². The Labute approximate surface area is 137 Å². The standard InChI is InChI=1S/C16H20FN3O.C2H6/c1-11-7-15-12(9-14(11)17)8-13(19-15)10-18-16(21)20-5-3-2-4-6-20;1-2/h7-9,19H,2-6,10H2,1H3,(H,18,21);1-2H3. The number of aryl methyl sites for hydroxylation is 1. The van der Waals surface area contributed by atoms with Crippen LogP contribution < -0.4 is 5.32 Å². The van der Waals surface area contributed by atoms with Crippen LogP contribution in [0.4, 0.5) is 9.18 Å². The number of urea groups is 1. The minimum absolute atomic E-state index is 0.0179. The van der Waals surface area contributed by atoms with Crippen molar-refractivity contribution in [3.8, 4) is 0 Å². The van der Waals surface area contributed by atoms with Crippen LogP contribution in [-0.4, -0.2) is 29.0 Å². The van der Waals surface area contributed by atoms with Crippen LogP contribution in [0.3, 0.4) is 0 Å². The highest BCUT2D eigenvalue weighted by Crippen LogP contribution is 2.19. The number of hydrogen-bond acceptors (Lipinski definition) is 1. The first kappa shape index (κ1) is 17.3. The highest BCUT2D eigenvalue weighted by Gasteiger charge is 2.16. The smallest absolute Gasteiger partial charge is 0.317 e. The van der Waals surface area contributed by atoms with E-state index in [1.807, 2.05) is 24.8 Å². The Balaban J connectivity index is 0.000000924. The molecule has 2 heterocycles. The maximum absolute atomic E-state index is 13.5. The highest BCUT2D eigenvalue weighted by molar-refractivity contribution is 5.81. The molecule has 0 radical (unpaired) electrons. The first-order chi connectivity index (χ1) is 11.1. The molecular weight excluding hydrogens is 293 g/mol. The summed E-state index contributed by atoms with van der Waals surface area (Å²) in [4.78, 5) is 17.1. The largest absolute Gasteiger partial charge is 0.357 e. The van der Waals surface area contributed by atoms with Gasteiger partial charge in [-0.05, 0) is 49.9 Å². The van der Waals surface area contributed by atoms with E-state index in [0.29, 0.717) is 12.1 Å². The van der Waals surface area contributed by atoms with E-state index in [4.69, 9.17) is 0 Å². The Bertz CT molecular complexity index is 621. The van der Waals surface area contributed by atoms with Gasteiger partial charge < -0.3 is 15.2 Å². The van der Waals surface area contributed by atoms with Crippen molar-refractivity contribution in [2.75, 3.05) is 13.1 Å². The van der Waals surface area contributed by atoms with Gasteiger partial charge in [-0.1, -0.05) is 13.8 Å². The Kier molecular flexibility index (Phi) is 6.02. The molecule has 1 aliphatic heterocycles. The van der Waals surface area contributed by atoms with Gasteiger partial charge in [0.25, 0.3) is 0 Å². The first-order valence-electron chi connectivity index (χ1n) is 8.44. The summed E-state index contributed by atoms with van der Waals surface area (Å²) in [5.74, 6) is -0.203. The maximum Gasteiger partial charge on any atom is 0.317 e. The maximum atomic E-state index is 13.5. The van der Waals surface area contributed by atoms with Gasteiger partial charge in [0.05, 0.1) is 6.54 Å². The van der Waals surface area contributed by atoms with Crippen LogP contribution in [0.15, 0.2) is 18.2 Å². The van der Waals surface area contributed by atoms with Crippen LogP contribution in [-0.2, 0) is 6.54 Å². The fraction of sp³-hybridized carbons (Fsp3) is 0.500. The van der Waals surface area contributed by atoms with E-state index in [1.54, 1.807) is 13.0 Å².